The fourth-order valence-corrected chi connectivity index (χ4v) is 5.64. The average Bonchev–Trinajstić information content (AvgIpc) is 3.29. The third-order valence-electron chi connectivity index (χ3n) is 5.58. The van der Waals surface area contributed by atoms with Crippen LogP contribution in [0.4, 0.5) is 0 Å². The van der Waals surface area contributed by atoms with Crippen molar-refractivity contribution < 1.29 is 14.6 Å². The molecule has 3 heterocycles. The first-order valence-corrected chi connectivity index (χ1v) is 11.9. The van der Waals surface area contributed by atoms with Crippen LogP contribution in [0.15, 0.2) is 18.2 Å². The van der Waals surface area contributed by atoms with E-state index in [-0.39, 0.29) is 23.8 Å². The van der Waals surface area contributed by atoms with Gasteiger partial charge in [0, 0.05) is 16.5 Å². The van der Waals surface area contributed by atoms with E-state index in [0.29, 0.717) is 59.8 Å². The molecule has 3 aromatic rings. The molecular formula is C21H24Cl2N4O3S. The normalized spacial score (nSPS) is 16.6. The van der Waals surface area contributed by atoms with Gasteiger partial charge in [-0.2, -0.15) is 4.52 Å². The number of ether oxygens (including phenoxy) is 1. The van der Waals surface area contributed by atoms with E-state index in [1.54, 1.807) is 12.1 Å². The summed E-state index contributed by atoms with van der Waals surface area (Å²) in [6, 6.07) is 5.09. The number of hydrogen-bond acceptors (Lipinski definition) is 7. The average molecular weight is 483 g/mol. The Labute approximate surface area is 194 Å². The maximum Gasteiger partial charge on any atom is 0.309 e. The van der Waals surface area contributed by atoms with Crippen LogP contribution in [0, 0.1) is 5.92 Å². The number of halogens is 2. The second kappa shape index (κ2) is 9.32. The molecule has 1 aromatic carbocycles. The summed E-state index contributed by atoms with van der Waals surface area (Å²) < 4.78 is 6.69. The molecule has 0 bridgehead atoms. The monoisotopic (exact) mass is 482 g/mol. The largest absolute Gasteiger partial charge is 0.492 e. The zero-order chi connectivity index (χ0) is 22.1. The molecule has 10 heteroatoms. The third kappa shape index (κ3) is 4.39. The predicted molar refractivity (Wildman–Crippen MR) is 121 cm³/mol. The Morgan fingerprint density at radius 3 is 2.68 bits per heavy atom. The Kier molecular flexibility index (Phi) is 6.71. The van der Waals surface area contributed by atoms with Crippen LogP contribution in [-0.2, 0) is 16.0 Å². The van der Waals surface area contributed by atoms with Gasteiger partial charge in [-0.25, -0.2) is 4.98 Å². The maximum absolute atomic E-state index is 12.2. The molecule has 31 heavy (non-hydrogen) atoms. The number of rotatable bonds is 6. The molecule has 0 spiro atoms. The van der Waals surface area contributed by atoms with Crippen LogP contribution < -0.4 is 0 Å². The van der Waals surface area contributed by atoms with Crippen LogP contribution in [0.5, 0.6) is 5.88 Å². The minimum atomic E-state index is -0.300. The highest BCUT2D eigenvalue weighted by atomic mass is 35.5. The Hall–Kier alpha value is -1.87. The minimum Gasteiger partial charge on any atom is -0.492 e. The number of carbonyl (C=O) groups is 1. The zero-order valence-corrected chi connectivity index (χ0v) is 19.7. The van der Waals surface area contributed by atoms with Crippen LogP contribution in [-0.4, -0.2) is 50.3 Å². The van der Waals surface area contributed by atoms with Crippen molar-refractivity contribution in [3.63, 3.8) is 0 Å². The van der Waals surface area contributed by atoms with E-state index in [0.717, 1.165) is 10.4 Å². The summed E-state index contributed by atoms with van der Waals surface area (Å²) in [7, 11) is 0. The fourth-order valence-electron chi connectivity index (χ4n) is 4.00. The summed E-state index contributed by atoms with van der Waals surface area (Å²) in [6.07, 6.45) is 2.06. The van der Waals surface area contributed by atoms with Gasteiger partial charge in [0.15, 0.2) is 5.82 Å². The molecular weight excluding hydrogens is 459 g/mol. The number of piperidine rings is 1. The Morgan fingerprint density at radius 2 is 2.06 bits per heavy atom. The molecule has 4 rings (SSSR count). The summed E-state index contributed by atoms with van der Waals surface area (Å²) >= 11 is 14.1. The molecule has 0 unspecified atom stereocenters. The van der Waals surface area contributed by atoms with E-state index >= 15 is 0 Å². The number of thiazole rings is 1. The molecule has 1 aliphatic heterocycles. The zero-order valence-electron chi connectivity index (χ0n) is 17.3. The van der Waals surface area contributed by atoms with Crippen LogP contribution in [0.1, 0.15) is 49.0 Å². The molecule has 1 fully saturated rings. The molecule has 1 saturated heterocycles. The highest BCUT2D eigenvalue weighted by Crippen LogP contribution is 2.43. The van der Waals surface area contributed by atoms with Crippen molar-refractivity contribution >= 4 is 45.5 Å². The van der Waals surface area contributed by atoms with Crippen LogP contribution in [0.3, 0.4) is 0 Å². The number of aryl methyl sites for hydroxylation is 1. The van der Waals surface area contributed by atoms with Crippen molar-refractivity contribution in [2.75, 3.05) is 19.7 Å². The quantitative estimate of drug-likeness (QED) is 0.511. The van der Waals surface area contributed by atoms with Gasteiger partial charge in [-0.15, -0.1) is 5.10 Å². The van der Waals surface area contributed by atoms with E-state index in [2.05, 4.69) is 15.0 Å². The second-order valence-electron chi connectivity index (χ2n) is 7.50. The van der Waals surface area contributed by atoms with E-state index in [1.165, 1.54) is 15.9 Å². The molecule has 166 valence electrons. The van der Waals surface area contributed by atoms with Crippen molar-refractivity contribution in [1.29, 1.82) is 0 Å². The number of benzene rings is 1. The predicted octanol–water partition coefficient (Wildman–Crippen LogP) is 4.73. The molecule has 1 aliphatic rings. The van der Waals surface area contributed by atoms with E-state index in [1.807, 2.05) is 19.9 Å². The Bertz CT molecular complexity index is 1090. The number of nitrogens with zero attached hydrogens (tertiary/aromatic N) is 4. The first kappa shape index (κ1) is 22.3. The number of carbonyl (C=O) groups excluding carboxylic acids is 1. The lowest BCUT2D eigenvalue weighted by Gasteiger charge is -2.37. The van der Waals surface area contributed by atoms with Crippen LogP contribution >= 0.6 is 34.5 Å². The summed E-state index contributed by atoms with van der Waals surface area (Å²) in [5, 5.41) is 16.5. The van der Waals surface area contributed by atoms with Crippen molar-refractivity contribution in [2.24, 2.45) is 5.92 Å². The van der Waals surface area contributed by atoms with Crippen molar-refractivity contribution in [2.45, 2.75) is 39.2 Å². The number of aromatic nitrogens is 3. The van der Waals surface area contributed by atoms with E-state index < -0.39 is 0 Å². The highest BCUT2D eigenvalue weighted by molar-refractivity contribution is 7.17. The third-order valence-corrected chi connectivity index (χ3v) is 7.21. The summed E-state index contributed by atoms with van der Waals surface area (Å²) in [4.78, 5) is 20.3. The summed E-state index contributed by atoms with van der Waals surface area (Å²) in [5.74, 6) is 0.498. The highest BCUT2D eigenvalue weighted by Gasteiger charge is 2.35. The fraction of sp³-hybridized carbons (Fsp3) is 0.476. The van der Waals surface area contributed by atoms with Crippen LogP contribution in [0.2, 0.25) is 10.0 Å². The summed E-state index contributed by atoms with van der Waals surface area (Å²) in [6.45, 7) is 5.51. The molecule has 0 radical (unpaired) electrons. The molecule has 1 atom stereocenters. The Morgan fingerprint density at radius 1 is 1.32 bits per heavy atom. The lowest BCUT2D eigenvalue weighted by Crippen LogP contribution is -2.39. The van der Waals surface area contributed by atoms with Crippen molar-refractivity contribution in [3.05, 3.63) is 44.5 Å². The Balaban J connectivity index is 1.70. The first-order chi connectivity index (χ1) is 14.9. The number of likely N-dealkylation sites (tertiary alicyclic amines) is 1. The van der Waals surface area contributed by atoms with E-state index in [9.17, 15) is 9.90 Å². The molecule has 0 amide bonds. The smallest absolute Gasteiger partial charge is 0.309 e. The van der Waals surface area contributed by atoms with Gasteiger partial charge in [-0.1, -0.05) is 47.5 Å². The topological polar surface area (TPSA) is 80.0 Å². The maximum atomic E-state index is 12.2. The van der Waals surface area contributed by atoms with Crippen molar-refractivity contribution in [1.82, 2.24) is 19.5 Å². The van der Waals surface area contributed by atoms with Gasteiger partial charge < -0.3 is 9.84 Å². The van der Waals surface area contributed by atoms with Gasteiger partial charge in [-0.05, 0) is 50.6 Å². The second-order valence-corrected chi connectivity index (χ2v) is 9.35. The molecule has 7 nitrogen and oxygen atoms in total. The lowest BCUT2D eigenvalue weighted by atomic mass is 9.93. The minimum absolute atomic E-state index is 0.0655. The molecule has 0 aliphatic carbocycles. The van der Waals surface area contributed by atoms with Gasteiger partial charge in [-0.3, -0.25) is 9.69 Å². The number of esters is 1. The SMILES string of the molecule is CCOC(=O)C1CCN([C@@H](c2ccc(Cl)cc2Cl)c2sc3nc(CC)nn3c2O)CC1. The van der Waals surface area contributed by atoms with Gasteiger partial charge >= 0.3 is 5.97 Å². The molecule has 0 saturated carbocycles. The van der Waals surface area contributed by atoms with Crippen LogP contribution in [0.25, 0.3) is 4.96 Å². The van der Waals surface area contributed by atoms with E-state index in [4.69, 9.17) is 27.9 Å². The van der Waals surface area contributed by atoms with Gasteiger partial charge in [0.05, 0.1) is 23.4 Å². The van der Waals surface area contributed by atoms with Gasteiger partial charge in [0.1, 0.15) is 0 Å². The first-order valence-electron chi connectivity index (χ1n) is 10.4. The van der Waals surface area contributed by atoms with Crippen molar-refractivity contribution in [3.8, 4) is 5.88 Å². The standard InChI is InChI=1S/C21H24Cl2N4O3S/c1-3-16-24-21-27(25-16)19(28)18(31-21)17(14-6-5-13(22)11-15(14)23)26-9-7-12(8-10-26)20(29)30-4-2/h5-6,11-12,17,28H,3-4,7-10H2,1-2H3/t17-/m0/s1. The lowest BCUT2D eigenvalue weighted by molar-refractivity contribution is -0.149. The molecule has 1 N–H and O–H groups in total. The number of hydrogen-bond donors (Lipinski definition) is 1. The number of aromatic hydroxyl groups is 1. The number of fused-ring (bicyclic) bond motifs is 1. The molecule has 2 aromatic heterocycles. The van der Waals surface area contributed by atoms with Gasteiger partial charge in [0.2, 0.25) is 10.8 Å². The van der Waals surface area contributed by atoms with Gasteiger partial charge in [0.25, 0.3) is 0 Å². The summed E-state index contributed by atoms with van der Waals surface area (Å²) in [5.41, 5.74) is 0.844.